The molecule has 0 aliphatic rings. The fourth-order valence-corrected chi connectivity index (χ4v) is 1.49. The van der Waals surface area contributed by atoms with E-state index in [1.54, 1.807) is 32.0 Å². The highest BCUT2D eigenvalue weighted by atomic mass is 35.5. The van der Waals surface area contributed by atoms with E-state index < -0.39 is 5.41 Å². The second-order valence-electron chi connectivity index (χ2n) is 4.42. The molecule has 0 bridgehead atoms. The lowest BCUT2D eigenvalue weighted by Gasteiger charge is -2.21. The van der Waals surface area contributed by atoms with E-state index in [1.807, 2.05) is 6.07 Å². The van der Waals surface area contributed by atoms with Crippen molar-refractivity contribution in [3.63, 3.8) is 0 Å². The number of carbonyl (C=O) groups excluding carboxylic acids is 1. The summed E-state index contributed by atoms with van der Waals surface area (Å²) >= 11 is 5.88. The smallest absolute Gasteiger partial charge is 0.314 e. The number of carbonyl (C=O) groups is 1. The largest absolute Gasteiger partial charge is 0.492 e. The van der Waals surface area contributed by atoms with Gasteiger partial charge in [-0.05, 0) is 26.0 Å². The number of hydrogen-bond acceptors (Lipinski definition) is 4. The van der Waals surface area contributed by atoms with Crippen LogP contribution in [0.25, 0.3) is 0 Å². The fourth-order valence-electron chi connectivity index (χ4n) is 1.28. The third-order valence-electron chi connectivity index (χ3n) is 2.40. The van der Waals surface area contributed by atoms with Gasteiger partial charge in [-0.25, -0.2) is 0 Å². The van der Waals surface area contributed by atoms with E-state index in [9.17, 15) is 4.79 Å². The zero-order valence-electron chi connectivity index (χ0n) is 10.5. The van der Waals surface area contributed by atoms with Crippen LogP contribution < -0.4 is 4.74 Å². The lowest BCUT2D eigenvalue weighted by Crippen LogP contribution is -2.32. The van der Waals surface area contributed by atoms with Gasteiger partial charge in [0.25, 0.3) is 0 Å². The molecule has 5 heteroatoms. The SMILES string of the molecule is COC(=O)C(C)(C)COc1ccc(C#N)c(Cl)c1. The van der Waals surface area contributed by atoms with Gasteiger partial charge in [-0.1, -0.05) is 11.6 Å². The molecule has 0 heterocycles. The van der Waals surface area contributed by atoms with E-state index in [0.717, 1.165) is 0 Å². The summed E-state index contributed by atoms with van der Waals surface area (Å²) in [7, 11) is 1.34. The normalized spacial score (nSPS) is 10.6. The Bertz CT molecular complexity index is 491. The van der Waals surface area contributed by atoms with Crippen molar-refractivity contribution in [2.24, 2.45) is 5.41 Å². The predicted molar refractivity (Wildman–Crippen MR) is 67.5 cm³/mol. The van der Waals surface area contributed by atoms with E-state index in [1.165, 1.54) is 7.11 Å². The maximum Gasteiger partial charge on any atom is 0.314 e. The summed E-state index contributed by atoms with van der Waals surface area (Å²) in [4.78, 5) is 11.5. The van der Waals surface area contributed by atoms with Crippen LogP contribution in [-0.2, 0) is 9.53 Å². The van der Waals surface area contributed by atoms with Crippen LogP contribution >= 0.6 is 11.6 Å². The number of ether oxygens (including phenoxy) is 2. The molecule has 0 radical (unpaired) electrons. The first kappa shape index (κ1) is 14.3. The molecule has 0 saturated carbocycles. The van der Waals surface area contributed by atoms with Crippen molar-refractivity contribution in [1.82, 2.24) is 0 Å². The molecule has 0 saturated heterocycles. The molecular formula is C13H14ClNO3. The van der Waals surface area contributed by atoms with E-state index in [-0.39, 0.29) is 12.6 Å². The van der Waals surface area contributed by atoms with Crippen molar-refractivity contribution in [2.75, 3.05) is 13.7 Å². The molecule has 1 aromatic carbocycles. The summed E-state index contributed by atoms with van der Waals surface area (Å²) in [5, 5.41) is 9.06. The highest BCUT2D eigenvalue weighted by Crippen LogP contribution is 2.24. The Morgan fingerprint density at radius 3 is 2.67 bits per heavy atom. The summed E-state index contributed by atoms with van der Waals surface area (Å²) in [5.41, 5.74) is -0.356. The second kappa shape index (κ2) is 5.74. The van der Waals surface area contributed by atoms with Gasteiger partial charge in [-0.3, -0.25) is 4.79 Å². The molecule has 1 rings (SSSR count). The van der Waals surface area contributed by atoms with Gasteiger partial charge in [0.05, 0.1) is 23.1 Å². The van der Waals surface area contributed by atoms with Crippen molar-refractivity contribution >= 4 is 17.6 Å². The zero-order valence-corrected chi connectivity index (χ0v) is 11.2. The monoisotopic (exact) mass is 267 g/mol. The first-order valence-corrected chi connectivity index (χ1v) is 5.69. The maximum atomic E-state index is 11.5. The lowest BCUT2D eigenvalue weighted by atomic mass is 9.95. The van der Waals surface area contributed by atoms with Crippen LogP contribution in [0.1, 0.15) is 19.4 Å². The number of benzene rings is 1. The van der Waals surface area contributed by atoms with E-state index in [4.69, 9.17) is 21.6 Å². The molecule has 96 valence electrons. The van der Waals surface area contributed by atoms with Crippen LogP contribution in [0.4, 0.5) is 0 Å². The summed E-state index contributed by atoms with van der Waals surface area (Å²) in [6.07, 6.45) is 0. The van der Waals surface area contributed by atoms with E-state index in [0.29, 0.717) is 16.3 Å². The number of rotatable bonds is 4. The maximum absolute atomic E-state index is 11.5. The zero-order chi connectivity index (χ0) is 13.8. The van der Waals surface area contributed by atoms with Crippen LogP contribution in [0.3, 0.4) is 0 Å². The van der Waals surface area contributed by atoms with Gasteiger partial charge in [0.2, 0.25) is 0 Å². The van der Waals surface area contributed by atoms with Crippen LogP contribution in [0, 0.1) is 16.7 Å². The average Bonchev–Trinajstić information content (AvgIpc) is 2.35. The minimum absolute atomic E-state index is 0.169. The van der Waals surface area contributed by atoms with Gasteiger partial charge in [0.1, 0.15) is 18.4 Å². The molecule has 0 aliphatic heterocycles. The summed E-state index contributed by atoms with van der Waals surface area (Å²) in [6, 6.07) is 6.72. The van der Waals surface area contributed by atoms with Crippen LogP contribution in [0.2, 0.25) is 5.02 Å². The highest BCUT2D eigenvalue weighted by molar-refractivity contribution is 6.31. The number of hydrogen-bond donors (Lipinski definition) is 0. The number of halogens is 1. The van der Waals surface area contributed by atoms with Gasteiger partial charge in [0.15, 0.2) is 0 Å². The number of methoxy groups -OCH3 is 1. The molecular weight excluding hydrogens is 254 g/mol. The Hall–Kier alpha value is -1.73. The first-order chi connectivity index (χ1) is 8.40. The highest BCUT2D eigenvalue weighted by Gasteiger charge is 2.29. The van der Waals surface area contributed by atoms with Crippen molar-refractivity contribution in [3.05, 3.63) is 28.8 Å². The van der Waals surface area contributed by atoms with Crippen LogP contribution in [0.15, 0.2) is 18.2 Å². The minimum atomic E-state index is -0.741. The molecule has 0 N–H and O–H groups in total. The molecule has 0 unspecified atom stereocenters. The third kappa shape index (κ3) is 3.38. The lowest BCUT2D eigenvalue weighted by molar-refractivity contribution is -0.152. The Balaban J connectivity index is 2.73. The van der Waals surface area contributed by atoms with Crippen molar-refractivity contribution in [1.29, 1.82) is 5.26 Å². The summed E-state index contributed by atoms with van der Waals surface area (Å²) < 4.78 is 10.2. The van der Waals surface area contributed by atoms with Gasteiger partial charge < -0.3 is 9.47 Å². The molecule has 0 spiro atoms. The number of esters is 1. The standard InChI is InChI=1S/C13H14ClNO3/c1-13(2,12(16)17-3)8-18-10-5-4-9(7-15)11(14)6-10/h4-6H,8H2,1-3H3. The Morgan fingerprint density at radius 2 is 2.17 bits per heavy atom. The topological polar surface area (TPSA) is 59.3 Å². The van der Waals surface area contributed by atoms with E-state index >= 15 is 0 Å². The number of nitriles is 1. The fraction of sp³-hybridized carbons (Fsp3) is 0.385. The molecule has 0 aliphatic carbocycles. The number of nitrogens with zero attached hydrogens (tertiary/aromatic N) is 1. The van der Waals surface area contributed by atoms with Crippen LogP contribution in [-0.4, -0.2) is 19.7 Å². The van der Waals surface area contributed by atoms with Gasteiger partial charge in [-0.15, -0.1) is 0 Å². The molecule has 4 nitrogen and oxygen atoms in total. The third-order valence-corrected chi connectivity index (χ3v) is 2.71. The molecule has 0 amide bonds. The Morgan fingerprint density at radius 1 is 1.50 bits per heavy atom. The first-order valence-electron chi connectivity index (χ1n) is 5.31. The van der Waals surface area contributed by atoms with Gasteiger partial charge in [-0.2, -0.15) is 5.26 Å². The van der Waals surface area contributed by atoms with Gasteiger partial charge in [0, 0.05) is 6.07 Å². The molecule has 0 aromatic heterocycles. The van der Waals surface area contributed by atoms with E-state index in [2.05, 4.69) is 4.74 Å². The minimum Gasteiger partial charge on any atom is -0.492 e. The molecule has 1 aromatic rings. The molecule has 0 fully saturated rings. The summed E-state index contributed by atoms with van der Waals surface area (Å²) in [5.74, 6) is 0.165. The van der Waals surface area contributed by atoms with Crippen LogP contribution in [0.5, 0.6) is 5.75 Å². The summed E-state index contributed by atoms with van der Waals surface area (Å²) in [6.45, 7) is 3.62. The van der Waals surface area contributed by atoms with Gasteiger partial charge >= 0.3 is 5.97 Å². The Kier molecular flexibility index (Phi) is 4.57. The van der Waals surface area contributed by atoms with Crippen molar-refractivity contribution in [2.45, 2.75) is 13.8 Å². The van der Waals surface area contributed by atoms with Crippen molar-refractivity contribution < 1.29 is 14.3 Å². The Labute approximate surface area is 111 Å². The molecule has 0 atom stereocenters. The molecule has 18 heavy (non-hydrogen) atoms. The quantitative estimate of drug-likeness (QED) is 0.787. The second-order valence-corrected chi connectivity index (χ2v) is 4.82. The average molecular weight is 268 g/mol. The van der Waals surface area contributed by atoms with Crippen molar-refractivity contribution in [3.8, 4) is 11.8 Å². The predicted octanol–water partition coefficient (Wildman–Crippen LogP) is 2.79.